The van der Waals surface area contributed by atoms with Gasteiger partial charge in [0.1, 0.15) is 0 Å². The van der Waals surface area contributed by atoms with Crippen molar-refractivity contribution in [1.82, 2.24) is 25.1 Å². The molecule has 1 atom stereocenters. The van der Waals surface area contributed by atoms with Crippen LogP contribution in [0.1, 0.15) is 29.0 Å². The van der Waals surface area contributed by atoms with Crippen LogP contribution in [-0.4, -0.2) is 36.8 Å². The molecule has 3 aromatic rings. The van der Waals surface area contributed by atoms with Crippen molar-refractivity contribution in [3.63, 3.8) is 0 Å². The van der Waals surface area contributed by atoms with E-state index in [-0.39, 0.29) is 24.1 Å². The van der Waals surface area contributed by atoms with E-state index in [1.165, 1.54) is 29.4 Å². The third-order valence-electron chi connectivity index (χ3n) is 3.76. The van der Waals surface area contributed by atoms with Gasteiger partial charge in [-0.25, -0.2) is 4.98 Å². The predicted octanol–water partition coefficient (Wildman–Crippen LogP) is 2.87. The normalized spacial score (nSPS) is 11.8. The summed E-state index contributed by atoms with van der Waals surface area (Å²) in [5.41, 5.74) is 0.859. The fourth-order valence-corrected chi connectivity index (χ4v) is 3.90. The SMILES string of the molecule is C=CCn1c(CNC(=O)c2ccco2)nnc1SC(C)C(=O)Nc1nc(C)cs1. The molecular formula is C18H20N6O3S2. The highest BCUT2D eigenvalue weighted by molar-refractivity contribution is 8.00. The van der Waals surface area contributed by atoms with Gasteiger partial charge in [-0.15, -0.1) is 28.1 Å². The Morgan fingerprint density at radius 1 is 1.45 bits per heavy atom. The van der Waals surface area contributed by atoms with Crippen molar-refractivity contribution in [3.05, 3.63) is 53.7 Å². The molecule has 0 fully saturated rings. The van der Waals surface area contributed by atoms with Crippen molar-refractivity contribution >= 4 is 40.0 Å². The molecule has 0 aliphatic heterocycles. The standard InChI is InChI=1S/C18H20N6O3S2/c1-4-7-24-14(9-19-16(26)13-6-5-8-27-13)22-23-18(24)29-12(3)15(25)21-17-20-11(2)10-28-17/h4-6,8,10,12H,1,7,9H2,2-3H3,(H,19,26)(H,20,21,25). The molecule has 3 rings (SSSR count). The molecule has 29 heavy (non-hydrogen) atoms. The fraction of sp³-hybridized carbons (Fsp3) is 0.278. The highest BCUT2D eigenvalue weighted by Gasteiger charge is 2.21. The first kappa shape index (κ1) is 20.8. The highest BCUT2D eigenvalue weighted by Crippen LogP contribution is 2.24. The van der Waals surface area contributed by atoms with Crippen LogP contribution in [0.15, 0.2) is 46.0 Å². The van der Waals surface area contributed by atoms with Gasteiger partial charge >= 0.3 is 0 Å². The maximum atomic E-state index is 12.4. The van der Waals surface area contributed by atoms with Crippen molar-refractivity contribution in [2.24, 2.45) is 0 Å². The molecule has 3 heterocycles. The Kier molecular flexibility index (Phi) is 6.83. The van der Waals surface area contributed by atoms with Gasteiger partial charge in [0.15, 0.2) is 21.9 Å². The van der Waals surface area contributed by atoms with Crippen molar-refractivity contribution in [2.75, 3.05) is 5.32 Å². The number of nitrogens with zero attached hydrogens (tertiary/aromatic N) is 4. The molecule has 1 unspecified atom stereocenters. The number of furan rings is 1. The van der Waals surface area contributed by atoms with Crippen LogP contribution in [-0.2, 0) is 17.9 Å². The second kappa shape index (κ2) is 9.52. The Morgan fingerprint density at radius 2 is 2.28 bits per heavy atom. The Labute approximate surface area is 175 Å². The van der Waals surface area contributed by atoms with Gasteiger partial charge in [-0.05, 0) is 26.0 Å². The maximum Gasteiger partial charge on any atom is 0.287 e. The number of rotatable bonds is 9. The lowest BCUT2D eigenvalue weighted by molar-refractivity contribution is -0.115. The summed E-state index contributed by atoms with van der Waals surface area (Å²) in [6.45, 7) is 8.02. The zero-order chi connectivity index (χ0) is 20.8. The summed E-state index contributed by atoms with van der Waals surface area (Å²) >= 11 is 2.65. The Bertz CT molecular complexity index is 995. The molecule has 11 heteroatoms. The second-order valence-electron chi connectivity index (χ2n) is 6.00. The zero-order valence-corrected chi connectivity index (χ0v) is 17.5. The maximum absolute atomic E-state index is 12.4. The molecule has 0 aromatic carbocycles. The number of amides is 2. The van der Waals surface area contributed by atoms with Gasteiger partial charge in [-0.2, -0.15) is 0 Å². The van der Waals surface area contributed by atoms with Gasteiger partial charge in [-0.1, -0.05) is 17.8 Å². The van der Waals surface area contributed by atoms with Gasteiger partial charge < -0.3 is 19.6 Å². The lowest BCUT2D eigenvalue weighted by Crippen LogP contribution is -2.25. The lowest BCUT2D eigenvalue weighted by Gasteiger charge is -2.12. The minimum Gasteiger partial charge on any atom is -0.459 e. The Morgan fingerprint density at radius 3 is 2.93 bits per heavy atom. The quantitative estimate of drug-likeness (QED) is 0.395. The van der Waals surface area contributed by atoms with Crippen LogP contribution in [0, 0.1) is 6.92 Å². The zero-order valence-electron chi connectivity index (χ0n) is 15.9. The number of hydrogen-bond donors (Lipinski definition) is 2. The largest absolute Gasteiger partial charge is 0.459 e. The van der Waals surface area contributed by atoms with Crippen LogP contribution >= 0.6 is 23.1 Å². The molecule has 152 valence electrons. The van der Waals surface area contributed by atoms with Crippen LogP contribution in [0.3, 0.4) is 0 Å². The van der Waals surface area contributed by atoms with Crippen molar-refractivity contribution in [1.29, 1.82) is 0 Å². The third kappa shape index (κ3) is 5.33. The molecule has 0 saturated heterocycles. The summed E-state index contributed by atoms with van der Waals surface area (Å²) in [5.74, 6) is 0.251. The fourth-order valence-electron chi connectivity index (χ4n) is 2.33. The van der Waals surface area contributed by atoms with Crippen molar-refractivity contribution in [2.45, 2.75) is 37.3 Å². The summed E-state index contributed by atoms with van der Waals surface area (Å²) in [7, 11) is 0. The van der Waals surface area contributed by atoms with E-state index >= 15 is 0 Å². The van der Waals surface area contributed by atoms with Crippen LogP contribution in [0.5, 0.6) is 0 Å². The number of aryl methyl sites for hydroxylation is 1. The number of nitrogens with one attached hydrogen (secondary N) is 2. The molecular weight excluding hydrogens is 412 g/mol. The van der Waals surface area contributed by atoms with E-state index < -0.39 is 5.25 Å². The van der Waals surface area contributed by atoms with Gasteiger partial charge in [0.2, 0.25) is 5.91 Å². The van der Waals surface area contributed by atoms with E-state index in [9.17, 15) is 9.59 Å². The number of hydrogen-bond acceptors (Lipinski definition) is 8. The molecule has 0 bridgehead atoms. The van der Waals surface area contributed by atoms with E-state index in [1.54, 1.807) is 29.7 Å². The minimum absolute atomic E-state index is 0.167. The molecule has 0 spiro atoms. The van der Waals surface area contributed by atoms with E-state index in [1.807, 2.05) is 12.3 Å². The number of carbonyl (C=O) groups is 2. The molecule has 2 amide bonds. The molecule has 0 aliphatic carbocycles. The van der Waals surface area contributed by atoms with Gasteiger partial charge in [0.25, 0.3) is 5.91 Å². The van der Waals surface area contributed by atoms with E-state index in [2.05, 4.69) is 32.4 Å². The summed E-state index contributed by atoms with van der Waals surface area (Å²) < 4.78 is 6.88. The minimum atomic E-state index is -0.419. The number of carbonyl (C=O) groups excluding carboxylic acids is 2. The third-order valence-corrected chi connectivity index (χ3v) is 5.71. The van der Waals surface area contributed by atoms with Crippen molar-refractivity contribution < 1.29 is 14.0 Å². The monoisotopic (exact) mass is 432 g/mol. The van der Waals surface area contributed by atoms with Crippen LogP contribution in [0.4, 0.5) is 5.13 Å². The highest BCUT2D eigenvalue weighted by atomic mass is 32.2. The van der Waals surface area contributed by atoms with Crippen molar-refractivity contribution in [3.8, 4) is 0 Å². The Hall–Kier alpha value is -2.92. The van der Waals surface area contributed by atoms with E-state index in [4.69, 9.17) is 4.42 Å². The second-order valence-corrected chi connectivity index (χ2v) is 8.17. The summed E-state index contributed by atoms with van der Waals surface area (Å²) in [6, 6.07) is 3.22. The average Bonchev–Trinajstić information content (AvgIpc) is 3.43. The first-order chi connectivity index (χ1) is 14.0. The first-order valence-corrected chi connectivity index (χ1v) is 10.5. The predicted molar refractivity (Wildman–Crippen MR) is 111 cm³/mol. The number of thiazole rings is 1. The molecule has 2 N–H and O–H groups in total. The number of anilines is 1. The van der Waals surface area contributed by atoms with E-state index in [0.29, 0.717) is 22.7 Å². The number of thioether (sulfide) groups is 1. The molecule has 3 aromatic heterocycles. The smallest absolute Gasteiger partial charge is 0.287 e. The summed E-state index contributed by atoms with van der Waals surface area (Å²) in [4.78, 5) is 28.7. The first-order valence-electron chi connectivity index (χ1n) is 8.72. The summed E-state index contributed by atoms with van der Waals surface area (Å²) in [5, 5.41) is 16.4. The lowest BCUT2D eigenvalue weighted by atomic mass is 10.4. The average molecular weight is 433 g/mol. The van der Waals surface area contributed by atoms with Crippen LogP contribution in [0.2, 0.25) is 0 Å². The summed E-state index contributed by atoms with van der Waals surface area (Å²) in [6.07, 6.45) is 3.14. The van der Waals surface area contributed by atoms with E-state index in [0.717, 1.165) is 5.69 Å². The molecule has 9 nitrogen and oxygen atoms in total. The van der Waals surface area contributed by atoms with Crippen LogP contribution in [0.25, 0.3) is 0 Å². The topological polar surface area (TPSA) is 115 Å². The Balaban J connectivity index is 1.64. The molecule has 0 saturated carbocycles. The van der Waals surface area contributed by atoms with Gasteiger partial charge in [-0.3, -0.25) is 9.59 Å². The van der Waals surface area contributed by atoms with Crippen LogP contribution < -0.4 is 10.6 Å². The van der Waals surface area contributed by atoms with Gasteiger partial charge in [0, 0.05) is 11.9 Å². The molecule has 0 radical (unpaired) electrons. The van der Waals surface area contributed by atoms with Gasteiger partial charge in [0.05, 0.1) is 23.8 Å². The number of aromatic nitrogens is 4. The molecule has 0 aliphatic rings. The number of allylic oxidation sites excluding steroid dienone is 1.